The van der Waals surface area contributed by atoms with Crippen molar-refractivity contribution in [3.8, 4) is 0 Å². The van der Waals surface area contributed by atoms with Gasteiger partial charge in [0.05, 0.1) is 5.56 Å². The lowest BCUT2D eigenvalue weighted by atomic mass is 10.0. The molecule has 0 aromatic heterocycles. The third kappa shape index (κ3) is 2.36. The number of nitrogens with zero attached hydrogens (tertiary/aromatic N) is 1. The Morgan fingerprint density at radius 2 is 2.06 bits per heavy atom. The fourth-order valence-electron chi connectivity index (χ4n) is 2.21. The molecule has 17 heavy (non-hydrogen) atoms. The molecule has 1 aromatic rings. The Morgan fingerprint density at radius 1 is 1.35 bits per heavy atom. The number of nitrogens with one attached hydrogen (secondary N) is 1. The number of carbonyl (C=O) groups excluding carboxylic acids is 2. The number of ketones is 1. The van der Waals surface area contributed by atoms with Gasteiger partial charge in [-0.25, -0.2) is 0 Å². The molecule has 0 atom stereocenters. The minimum atomic E-state index is -0.0544. The number of Topliss-reactive ketones (excluding diaryl/α,β-unsaturated/α-hetero) is 1. The Kier molecular flexibility index (Phi) is 3.54. The molecule has 0 bridgehead atoms. The van der Waals surface area contributed by atoms with E-state index in [0.717, 1.165) is 38.2 Å². The number of anilines is 1. The van der Waals surface area contributed by atoms with Gasteiger partial charge in [-0.1, -0.05) is 12.1 Å². The Balaban J connectivity index is 2.44. The molecule has 4 nitrogen and oxygen atoms in total. The molecule has 0 spiro atoms. The normalized spacial score (nSPS) is 15.7. The molecule has 0 saturated carbocycles. The lowest BCUT2D eigenvalue weighted by Crippen LogP contribution is -2.44. The number of hydrogen-bond donors (Lipinski definition) is 1. The summed E-state index contributed by atoms with van der Waals surface area (Å²) < 4.78 is 0. The number of carbonyl (C=O) groups is 2. The molecule has 0 radical (unpaired) electrons. The van der Waals surface area contributed by atoms with Crippen molar-refractivity contribution < 1.29 is 9.59 Å². The van der Waals surface area contributed by atoms with Crippen molar-refractivity contribution >= 4 is 17.8 Å². The molecule has 0 unspecified atom stereocenters. The van der Waals surface area contributed by atoms with Crippen LogP contribution in [0.4, 0.5) is 5.69 Å². The van der Waals surface area contributed by atoms with Crippen molar-refractivity contribution in [1.82, 2.24) is 5.32 Å². The summed E-state index contributed by atoms with van der Waals surface area (Å²) in [7, 11) is 0. The number of hydrogen-bond acceptors (Lipinski definition) is 4. The van der Waals surface area contributed by atoms with Crippen molar-refractivity contribution in [3.63, 3.8) is 0 Å². The van der Waals surface area contributed by atoms with Gasteiger partial charge in [-0.05, 0) is 13.0 Å². The van der Waals surface area contributed by atoms with Crippen LogP contribution >= 0.6 is 0 Å². The van der Waals surface area contributed by atoms with E-state index in [0.29, 0.717) is 11.1 Å². The molecule has 1 heterocycles. The molecule has 1 fully saturated rings. The standard InChI is InChI=1S/C13H16N2O2/c1-10(17)13-11(9-16)3-2-4-12(13)15-7-5-14-6-8-15/h2-4,9,14H,5-8H2,1H3. The van der Waals surface area contributed by atoms with Gasteiger partial charge in [-0.2, -0.15) is 0 Å². The molecule has 0 aliphatic carbocycles. The average molecular weight is 232 g/mol. The first-order chi connectivity index (χ1) is 8.24. The number of piperazine rings is 1. The monoisotopic (exact) mass is 232 g/mol. The van der Waals surface area contributed by atoms with Gasteiger partial charge in [0.15, 0.2) is 12.1 Å². The van der Waals surface area contributed by atoms with Crippen LogP contribution in [0.1, 0.15) is 27.6 Å². The van der Waals surface area contributed by atoms with Crippen LogP contribution in [-0.2, 0) is 0 Å². The first-order valence-electron chi connectivity index (χ1n) is 5.79. The highest BCUT2D eigenvalue weighted by Gasteiger charge is 2.18. The largest absolute Gasteiger partial charge is 0.368 e. The van der Waals surface area contributed by atoms with E-state index in [1.165, 1.54) is 6.92 Å². The first-order valence-corrected chi connectivity index (χ1v) is 5.79. The van der Waals surface area contributed by atoms with Crippen LogP contribution in [0.3, 0.4) is 0 Å². The van der Waals surface area contributed by atoms with Crippen molar-refractivity contribution in [2.75, 3.05) is 31.1 Å². The van der Waals surface area contributed by atoms with E-state index in [1.54, 1.807) is 6.07 Å². The summed E-state index contributed by atoms with van der Waals surface area (Å²) >= 11 is 0. The van der Waals surface area contributed by atoms with Gasteiger partial charge >= 0.3 is 0 Å². The molecule has 1 saturated heterocycles. The zero-order chi connectivity index (χ0) is 12.3. The summed E-state index contributed by atoms with van der Waals surface area (Å²) in [6.07, 6.45) is 0.752. The van der Waals surface area contributed by atoms with Crippen LogP contribution in [0.15, 0.2) is 18.2 Å². The minimum Gasteiger partial charge on any atom is -0.368 e. The van der Waals surface area contributed by atoms with E-state index >= 15 is 0 Å². The van der Waals surface area contributed by atoms with E-state index in [4.69, 9.17) is 0 Å². The lowest BCUT2D eigenvalue weighted by Gasteiger charge is -2.31. The molecule has 0 amide bonds. The van der Waals surface area contributed by atoms with Gasteiger partial charge in [-0.15, -0.1) is 0 Å². The maximum atomic E-state index is 11.7. The van der Waals surface area contributed by atoms with Crippen LogP contribution in [0.2, 0.25) is 0 Å². The Labute approximate surface area is 101 Å². The van der Waals surface area contributed by atoms with E-state index in [2.05, 4.69) is 10.2 Å². The van der Waals surface area contributed by atoms with Crippen LogP contribution in [-0.4, -0.2) is 38.2 Å². The first kappa shape index (κ1) is 11.8. The molecule has 4 heteroatoms. The quantitative estimate of drug-likeness (QED) is 0.626. The summed E-state index contributed by atoms with van der Waals surface area (Å²) in [4.78, 5) is 24.8. The van der Waals surface area contributed by atoms with Crippen LogP contribution in [0.5, 0.6) is 0 Å². The summed E-state index contributed by atoms with van der Waals surface area (Å²) in [6.45, 7) is 5.05. The van der Waals surface area contributed by atoms with Gasteiger partial charge in [0, 0.05) is 37.4 Å². The van der Waals surface area contributed by atoms with Crippen molar-refractivity contribution in [2.24, 2.45) is 0 Å². The Hall–Kier alpha value is -1.68. The maximum absolute atomic E-state index is 11.7. The van der Waals surface area contributed by atoms with E-state index in [1.807, 2.05) is 12.1 Å². The van der Waals surface area contributed by atoms with E-state index < -0.39 is 0 Å². The van der Waals surface area contributed by atoms with Gasteiger partial charge in [0.2, 0.25) is 0 Å². The van der Waals surface area contributed by atoms with Gasteiger partial charge in [0.1, 0.15) is 0 Å². The van der Waals surface area contributed by atoms with Gasteiger partial charge < -0.3 is 10.2 Å². The second kappa shape index (κ2) is 5.10. The van der Waals surface area contributed by atoms with Crippen molar-refractivity contribution in [2.45, 2.75) is 6.92 Å². The van der Waals surface area contributed by atoms with E-state index in [9.17, 15) is 9.59 Å². The predicted molar refractivity (Wildman–Crippen MR) is 66.9 cm³/mol. The number of aldehydes is 1. The third-order valence-electron chi connectivity index (χ3n) is 3.01. The van der Waals surface area contributed by atoms with Crippen LogP contribution in [0.25, 0.3) is 0 Å². The highest BCUT2D eigenvalue weighted by atomic mass is 16.1. The second-order valence-corrected chi connectivity index (χ2v) is 4.15. The molecule has 90 valence electrons. The molecule has 2 rings (SSSR count). The molecule has 1 aromatic carbocycles. The summed E-state index contributed by atoms with van der Waals surface area (Å²) in [5.41, 5.74) is 1.90. The summed E-state index contributed by atoms with van der Waals surface area (Å²) in [5, 5.41) is 3.27. The third-order valence-corrected chi connectivity index (χ3v) is 3.01. The second-order valence-electron chi connectivity index (χ2n) is 4.15. The molecule has 1 N–H and O–H groups in total. The average Bonchev–Trinajstić information content (AvgIpc) is 2.38. The topological polar surface area (TPSA) is 49.4 Å². The van der Waals surface area contributed by atoms with Crippen LogP contribution in [0, 0.1) is 0 Å². The molecular weight excluding hydrogens is 216 g/mol. The SMILES string of the molecule is CC(=O)c1c(C=O)cccc1N1CCNCC1. The Morgan fingerprint density at radius 3 is 2.65 bits per heavy atom. The summed E-state index contributed by atoms with van der Waals surface area (Å²) in [5.74, 6) is -0.0544. The molecular formula is C13H16N2O2. The van der Waals surface area contributed by atoms with Gasteiger partial charge in [0.25, 0.3) is 0 Å². The van der Waals surface area contributed by atoms with Crippen molar-refractivity contribution in [1.29, 1.82) is 0 Å². The van der Waals surface area contributed by atoms with E-state index in [-0.39, 0.29) is 5.78 Å². The van der Waals surface area contributed by atoms with Crippen molar-refractivity contribution in [3.05, 3.63) is 29.3 Å². The smallest absolute Gasteiger partial charge is 0.162 e. The number of rotatable bonds is 3. The Bertz CT molecular complexity index is 437. The fraction of sp³-hybridized carbons (Fsp3) is 0.385. The van der Waals surface area contributed by atoms with Gasteiger partial charge in [-0.3, -0.25) is 9.59 Å². The molecule has 1 aliphatic rings. The molecule has 1 aliphatic heterocycles. The van der Waals surface area contributed by atoms with Crippen LogP contribution < -0.4 is 10.2 Å². The maximum Gasteiger partial charge on any atom is 0.162 e. The summed E-state index contributed by atoms with van der Waals surface area (Å²) in [6, 6.07) is 5.43. The fourth-order valence-corrected chi connectivity index (χ4v) is 2.21. The highest BCUT2D eigenvalue weighted by Crippen LogP contribution is 2.24. The zero-order valence-corrected chi connectivity index (χ0v) is 9.90. The number of benzene rings is 1. The lowest BCUT2D eigenvalue weighted by molar-refractivity contribution is 0.101. The zero-order valence-electron chi connectivity index (χ0n) is 9.90. The predicted octanol–water partition coefficient (Wildman–Crippen LogP) is 1.11. The minimum absolute atomic E-state index is 0.0544. The highest BCUT2D eigenvalue weighted by molar-refractivity contribution is 6.06.